The number of aryl methyl sites for hydroxylation is 1. The van der Waals surface area contributed by atoms with Crippen LogP contribution in [0.25, 0.3) is 11.1 Å². The van der Waals surface area contributed by atoms with Crippen molar-refractivity contribution in [3.05, 3.63) is 36.2 Å². The molecule has 0 aliphatic carbocycles. The van der Waals surface area contributed by atoms with E-state index in [1.165, 1.54) is 12.3 Å². The van der Waals surface area contributed by atoms with Gasteiger partial charge in [-0.3, -0.25) is 9.48 Å². The standard InChI is InChI=1S/C10H9FN4O/c1-15-5-7(4-14-15)6-2-8(11)9(10(12)16)13-3-6/h2-5H,1H3,(H2,12,16). The predicted octanol–water partition coefficient (Wildman–Crippen LogP) is 0.720. The molecule has 0 radical (unpaired) electrons. The Hall–Kier alpha value is -2.24. The van der Waals surface area contributed by atoms with Crippen LogP contribution in [0.3, 0.4) is 0 Å². The van der Waals surface area contributed by atoms with E-state index in [-0.39, 0.29) is 5.69 Å². The summed E-state index contributed by atoms with van der Waals surface area (Å²) in [5, 5.41) is 3.96. The molecule has 82 valence electrons. The van der Waals surface area contributed by atoms with Gasteiger partial charge in [0.15, 0.2) is 11.5 Å². The van der Waals surface area contributed by atoms with Gasteiger partial charge in [0.2, 0.25) is 0 Å². The van der Waals surface area contributed by atoms with Gasteiger partial charge < -0.3 is 5.73 Å². The Morgan fingerprint density at radius 2 is 2.19 bits per heavy atom. The molecule has 0 aliphatic rings. The van der Waals surface area contributed by atoms with E-state index in [1.54, 1.807) is 24.1 Å². The quantitative estimate of drug-likeness (QED) is 0.810. The average molecular weight is 220 g/mol. The van der Waals surface area contributed by atoms with Crippen molar-refractivity contribution in [2.75, 3.05) is 0 Å². The topological polar surface area (TPSA) is 73.8 Å². The van der Waals surface area contributed by atoms with E-state index in [9.17, 15) is 9.18 Å². The number of carbonyl (C=O) groups is 1. The lowest BCUT2D eigenvalue weighted by atomic mass is 10.1. The Bertz CT molecular complexity index is 550. The predicted molar refractivity (Wildman–Crippen MR) is 54.9 cm³/mol. The summed E-state index contributed by atoms with van der Waals surface area (Å²) in [6.07, 6.45) is 4.70. The largest absolute Gasteiger partial charge is 0.364 e. The fourth-order valence-corrected chi connectivity index (χ4v) is 1.35. The van der Waals surface area contributed by atoms with E-state index in [4.69, 9.17) is 5.73 Å². The zero-order valence-electron chi connectivity index (χ0n) is 8.51. The molecular formula is C10H9FN4O. The van der Waals surface area contributed by atoms with Crippen molar-refractivity contribution in [2.24, 2.45) is 12.8 Å². The normalized spacial score (nSPS) is 10.4. The van der Waals surface area contributed by atoms with Gasteiger partial charge >= 0.3 is 0 Å². The molecule has 2 aromatic rings. The number of nitrogens with zero attached hydrogens (tertiary/aromatic N) is 3. The molecule has 0 fully saturated rings. The molecule has 0 atom stereocenters. The molecule has 0 bridgehead atoms. The van der Waals surface area contributed by atoms with Crippen molar-refractivity contribution in [2.45, 2.75) is 0 Å². The second-order valence-corrected chi connectivity index (χ2v) is 3.32. The summed E-state index contributed by atoms with van der Waals surface area (Å²) in [6, 6.07) is 1.21. The molecule has 0 saturated carbocycles. The molecule has 2 aromatic heterocycles. The lowest BCUT2D eigenvalue weighted by Crippen LogP contribution is -2.15. The van der Waals surface area contributed by atoms with E-state index in [2.05, 4.69) is 10.1 Å². The number of halogens is 1. The molecule has 6 heteroatoms. The van der Waals surface area contributed by atoms with Crippen molar-refractivity contribution >= 4 is 5.91 Å². The number of hydrogen-bond donors (Lipinski definition) is 1. The summed E-state index contributed by atoms with van der Waals surface area (Å²) >= 11 is 0. The fraction of sp³-hybridized carbons (Fsp3) is 0.100. The third-order valence-electron chi connectivity index (χ3n) is 2.11. The highest BCUT2D eigenvalue weighted by atomic mass is 19.1. The Kier molecular flexibility index (Phi) is 2.40. The second kappa shape index (κ2) is 3.73. The van der Waals surface area contributed by atoms with Crippen LogP contribution in [-0.2, 0) is 7.05 Å². The Balaban J connectivity index is 2.45. The molecule has 2 N–H and O–H groups in total. The Labute approximate surface area is 90.7 Å². The number of aromatic nitrogens is 3. The van der Waals surface area contributed by atoms with Gasteiger partial charge in [0, 0.05) is 30.6 Å². The van der Waals surface area contributed by atoms with Crippen molar-refractivity contribution in [1.29, 1.82) is 0 Å². The molecule has 0 spiro atoms. The minimum atomic E-state index is -0.879. The van der Waals surface area contributed by atoms with Gasteiger partial charge in [-0.05, 0) is 6.07 Å². The number of hydrogen-bond acceptors (Lipinski definition) is 3. The SMILES string of the molecule is Cn1cc(-c2cnc(C(N)=O)c(F)c2)cn1. The van der Waals surface area contributed by atoms with Gasteiger partial charge in [-0.2, -0.15) is 5.10 Å². The number of carbonyl (C=O) groups excluding carboxylic acids is 1. The molecule has 0 aliphatic heterocycles. The van der Waals surface area contributed by atoms with Crippen LogP contribution in [0, 0.1) is 5.82 Å². The first-order valence-electron chi connectivity index (χ1n) is 4.52. The maximum absolute atomic E-state index is 13.4. The summed E-state index contributed by atoms with van der Waals surface area (Å²) in [5.74, 6) is -1.61. The first kappa shape index (κ1) is 10.3. The van der Waals surface area contributed by atoms with Crippen LogP contribution >= 0.6 is 0 Å². The first-order chi connectivity index (χ1) is 7.58. The van der Waals surface area contributed by atoms with Crippen LogP contribution in [0.15, 0.2) is 24.7 Å². The monoisotopic (exact) mass is 220 g/mol. The van der Waals surface area contributed by atoms with Crippen LogP contribution < -0.4 is 5.73 Å². The summed E-state index contributed by atoms with van der Waals surface area (Å²) in [5.41, 5.74) is 5.87. The van der Waals surface area contributed by atoms with E-state index in [1.807, 2.05) is 0 Å². The smallest absolute Gasteiger partial charge is 0.270 e. The summed E-state index contributed by atoms with van der Waals surface area (Å²) in [6.45, 7) is 0. The van der Waals surface area contributed by atoms with Crippen LogP contribution in [-0.4, -0.2) is 20.7 Å². The maximum Gasteiger partial charge on any atom is 0.270 e. The average Bonchev–Trinajstić information content (AvgIpc) is 2.64. The highest BCUT2D eigenvalue weighted by Crippen LogP contribution is 2.19. The van der Waals surface area contributed by atoms with Gasteiger partial charge in [0.05, 0.1) is 6.20 Å². The lowest BCUT2D eigenvalue weighted by molar-refractivity contribution is 0.0991. The summed E-state index contributed by atoms with van der Waals surface area (Å²) < 4.78 is 15.0. The molecular weight excluding hydrogens is 211 g/mol. The number of amides is 1. The van der Waals surface area contributed by atoms with Crippen molar-refractivity contribution in [1.82, 2.24) is 14.8 Å². The van der Waals surface area contributed by atoms with Crippen molar-refractivity contribution < 1.29 is 9.18 Å². The van der Waals surface area contributed by atoms with Crippen LogP contribution in [0.4, 0.5) is 4.39 Å². The Morgan fingerprint density at radius 3 is 2.69 bits per heavy atom. The summed E-state index contributed by atoms with van der Waals surface area (Å²) in [4.78, 5) is 14.5. The minimum absolute atomic E-state index is 0.354. The molecule has 1 amide bonds. The van der Waals surface area contributed by atoms with Crippen LogP contribution in [0.1, 0.15) is 10.5 Å². The number of primary amides is 1. The zero-order chi connectivity index (χ0) is 11.7. The van der Waals surface area contributed by atoms with E-state index >= 15 is 0 Å². The van der Waals surface area contributed by atoms with Gasteiger partial charge in [-0.1, -0.05) is 0 Å². The van der Waals surface area contributed by atoms with Gasteiger partial charge in [0.25, 0.3) is 5.91 Å². The molecule has 16 heavy (non-hydrogen) atoms. The highest BCUT2D eigenvalue weighted by Gasteiger charge is 2.11. The molecule has 0 saturated heterocycles. The van der Waals surface area contributed by atoms with Crippen molar-refractivity contribution in [3.8, 4) is 11.1 Å². The molecule has 2 rings (SSSR count). The van der Waals surface area contributed by atoms with Crippen LogP contribution in [0.2, 0.25) is 0 Å². The van der Waals surface area contributed by atoms with Crippen LogP contribution in [0.5, 0.6) is 0 Å². The third-order valence-corrected chi connectivity index (χ3v) is 2.11. The van der Waals surface area contributed by atoms with E-state index in [0.717, 1.165) is 5.56 Å². The fourth-order valence-electron chi connectivity index (χ4n) is 1.35. The van der Waals surface area contributed by atoms with Gasteiger partial charge in [0.1, 0.15) is 0 Å². The minimum Gasteiger partial charge on any atom is -0.364 e. The van der Waals surface area contributed by atoms with Gasteiger partial charge in [-0.15, -0.1) is 0 Å². The number of rotatable bonds is 2. The van der Waals surface area contributed by atoms with E-state index in [0.29, 0.717) is 5.56 Å². The zero-order valence-corrected chi connectivity index (χ0v) is 8.51. The Morgan fingerprint density at radius 1 is 1.44 bits per heavy atom. The third kappa shape index (κ3) is 1.77. The second-order valence-electron chi connectivity index (χ2n) is 3.32. The van der Waals surface area contributed by atoms with Gasteiger partial charge in [-0.25, -0.2) is 9.37 Å². The lowest BCUT2D eigenvalue weighted by Gasteiger charge is -2.00. The highest BCUT2D eigenvalue weighted by molar-refractivity contribution is 5.91. The maximum atomic E-state index is 13.4. The molecule has 5 nitrogen and oxygen atoms in total. The molecule has 0 aromatic carbocycles. The first-order valence-corrected chi connectivity index (χ1v) is 4.52. The van der Waals surface area contributed by atoms with E-state index < -0.39 is 11.7 Å². The summed E-state index contributed by atoms with van der Waals surface area (Å²) in [7, 11) is 1.76. The molecule has 0 unspecified atom stereocenters. The van der Waals surface area contributed by atoms with Crippen molar-refractivity contribution in [3.63, 3.8) is 0 Å². The molecule has 2 heterocycles. The number of pyridine rings is 1. The number of nitrogens with two attached hydrogens (primary N) is 1.